The molecule has 0 spiro atoms. The largest absolute Gasteiger partial charge is 0.279 e. The third-order valence-electron chi connectivity index (χ3n) is 3.59. The molecule has 1 atom stereocenters. The Bertz CT molecular complexity index is 790. The molecule has 0 N–H and O–H groups in total. The first-order valence-corrected chi connectivity index (χ1v) is 7.62. The van der Waals surface area contributed by atoms with E-state index in [9.17, 15) is 0 Å². The second-order valence-corrected chi connectivity index (χ2v) is 5.95. The number of imidazole rings is 1. The Balaban J connectivity index is 2.30. The van der Waals surface area contributed by atoms with Gasteiger partial charge in [-0.25, -0.2) is 9.97 Å². The molecule has 0 bridgehead atoms. The van der Waals surface area contributed by atoms with Gasteiger partial charge < -0.3 is 0 Å². The first kappa shape index (κ1) is 14.1. The fourth-order valence-corrected chi connectivity index (χ4v) is 2.67. The maximum atomic E-state index is 6.33. The van der Waals surface area contributed by atoms with Crippen molar-refractivity contribution in [3.05, 3.63) is 53.5 Å². The summed E-state index contributed by atoms with van der Waals surface area (Å²) in [6, 6.07) is 10.5. The number of aryl methyl sites for hydroxylation is 2. The second-order valence-electron chi connectivity index (χ2n) is 5.30. The Kier molecular flexibility index (Phi) is 3.68. The molecule has 3 rings (SSSR count). The molecule has 0 saturated heterocycles. The topological polar surface area (TPSA) is 30.7 Å². The summed E-state index contributed by atoms with van der Waals surface area (Å²) in [5.41, 5.74) is 5.20. The maximum absolute atomic E-state index is 6.33. The Morgan fingerprint density at radius 1 is 1.29 bits per heavy atom. The van der Waals surface area contributed by atoms with E-state index in [-0.39, 0.29) is 5.38 Å². The van der Waals surface area contributed by atoms with E-state index in [2.05, 4.69) is 45.7 Å². The van der Waals surface area contributed by atoms with Gasteiger partial charge in [0.15, 0.2) is 5.65 Å². The van der Waals surface area contributed by atoms with E-state index in [1.807, 2.05) is 26.1 Å². The summed E-state index contributed by atoms with van der Waals surface area (Å²) in [5, 5.41) is -0.176. The number of aromatic nitrogens is 3. The van der Waals surface area contributed by atoms with Crippen LogP contribution < -0.4 is 0 Å². The molecular formula is C17H18ClN3. The Hall–Kier alpha value is -1.87. The highest BCUT2D eigenvalue weighted by Gasteiger charge is 2.17. The summed E-state index contributed by atoms with van der Waals surface area (Å²) in [6.45, 7) is 6.11. The van der Waals surface area contributed by atoms with Gasteiger partial charge >= 0.3 is 0 Å². The lowest BCUT2D eigenvalue weighted by molar-refractivity contribution is 0.875. The highest BCUT2D eigenvalue weighted by molar-refractivity contribution is 6.20. The third-order valence-corrected chi connectivity index (χ3v) is 3.79. The van der Waals surface area contributed by atoms with E-state index >= 15 is 0 Å². The Labute approximate surface area is 129 Å². The van der Waals surface area contributed by atoms with Gasteiger partial charge in [-0.3, -0.25) is 4.57 Å². The summed E-state index contributed by atoms with van der Waals surface area (Å²) < 4.78 is 2.06. The fraction of sp³-hybridized carbons (Fsp3) is 0.294. The number of alkyl halides is 1. The number of hydrogen-bond donors (Lipinski definition) is 0. The number of fused-ring (bicyclic) bond motifs is 1. The number of benzene rings is 1. The van der Waals surface area contributed by atoms with Crippen LogP contribution >= 0.6 is 11.6 Å². The average Bonchev–Trinajstić information content (AvgIpc) is 2.86. The number of hydrogen-bond acceptors (Lipinski definition) is 2. The van der Waals surface area contributed by atoms with Crippen LogP contribution in [0.5, 0.6) is 0 Å². The van der Waals surface area contributed by atoms with Crippen LogP contribution in [-0.2, 0) is 6.42 Å². The minimum Gasteiger partial charge on any atom is -0.279 e. The SMILES string of the molecule is CCc1cccc(-n2c(C(C)Cl)nc3cc(C)cnc32)c1. The molecule has 1 unspecified atom stereocenters. The van der Waals surface area contributed by atoms with E-state index in [0.717, 1.165) is 34.7 Å². The predicted octanol–water partition coefficient (Wildman–Crippen LogP) is 4.59. The van der Waals surface area contributed by atoms with E-state index in [1.165, 1.54) is 5.56 Å². The van der Waals surface area contributed by atoms with Crippen molar-refractivity contribution in [2.24, 2.45) is 0 Å². The molecule has 0 aliphatic rings. The zero-order chi connectivity index (χ0) is 15.0. The van der Waals surface area contributed by atoms with Gasteiger partial charge in [-0.15, -0.1) is 11.6 Å². The summed E-state index contributed by atoms with van der Waals surface area (Å²) in [5.74, 6) is 0.831. The molecule has 2 aromatic heterocycles. The lowest BCUT2D eigenvalue weighted by Gasteiger charge is -2.11. The Morgan fingerprint density at radius 3 is 2.81 bits per heavy atom. The molecule has 0 saturated carbocycles. The van der Waals surface area contributed by atoms with Crippen LogP contribution in [0.3, 0.4) is 0 Å². The zero-order valence-corrected chi connectivity index (χ0v) is 13.2. The standard InChI is InChI=1S/C17H18ClN3/c1-4-13-6-5-7-14(9-13)21-16(12(3)18)20-15-8-11(2)10-19-17(15)21/h5-10,12H,4H2,1-3H3. The number of halogens is 1. The second kappa shape index (κ2) is 5.49. The highest BCUT2D eigenvalue weighted by atomic mass is 35.5. The van der Waals surface area contributed by atoms with Crippen LogP contribution in [0.1, 0.15) is 36.2 Å². The van der Waals surface area contributed by atoms with Gasteiger partial charge in [0.25, 0.3) is 0 Å². The van der Waals surface area contributed by atoms with Crippen molar-refractivity contribution in [2.75, 3.05) is 0 Å². The molecule has 3 nitrogen and oxygen atoms in total. The molecule has 0 radical (unpaired) electrons. The summed E-state index contributed by atoms with van der Waals surface area (Å²) in [4.78, 5) is 9.23. The van der Waals surface area contributed by atoms with Crippen LogP contribution in [0.4, 0.5) is 0 Å². The van der Waals surface area contributed by atoms with Gasteiger partial charge in [-0.05, 0) is 49.6 Å². The van der Waals surface area contributed by atoms with Crippen molar-refractivity contribution >= 4 is 22.8 Å². The lowest BCUT2D eigenvalue weighted by atomic mass is 10.1. The first-order chi connectivity index (χ1) is 10.1. The summed E-state index contributed by atoms with van der Waals surface area (Å²) in [6.07, 6.45) is 2.87. The van der Waals surface area contributed by atoms with Crippen LogP contribution in [-0.4, -0.2) is 14.5 Å². The molecular weight excluding hydrogens is 282 g/mol. The number of nitrogens with zero attached hydrogens (tertiary/aromatic N) is 3. The van der Waals surface area contributed by atoms with E-state index in [0.29, 0.717) is 0 Å². The molecule has 108 valence electrons. The van der Waals surface area contributed by atoms with Crippen LogP contribution in [0.15, 0.2) is 36.5 Å². The predicted molar refractivity (Wildman–Crippen MR) is 87.2 cm³/mol. The third kappa shape index (κ3) is 2.54. The first-order valence-electron chi connectivity index (χ1n) is 7.18. The van der Waals surface area contributed by atoms with Crippen molar-refractivity contribution in [1.82, 2.24) is 14.5 Å². The molecule has 0 fully saturated rings. The van der Waals surface area contributed by atoms with Gasteiger partial charge in [0.05, 0.1) is 5.38 Å². The molecule has 0 amide bonds. The normalized spacial score (nSPS) is 12.8. The van der Waals surface area contributed by atoms with E-state index in [1.54, 1.807) is 0 Å². The van der Waals surface area contributed by atoms with Crippen molar-refractivity contribution in [3.8, 4) is 5.69 Å². The molecule has 1 aromatic carbocycles. The van der Waals surface area contributed by atoms with Crippen molar-refractivity contribution in [2.45, 2.75) is 32.6 Å². The van der Waals surface area contributed by atoms with Gasteiger partial charge in [0, 0.05) is 11.9 Å². The molecule has 21 heavy (non-hydrogen) atoms. The van der Waals surface area contributed by atoms with Gasteiger partial charge in [0.1, 0.15) is 11.3 Å². The molecule has 0 aliphatic carbocycles. The smallest absolute Gasteiger partial charge is 0.164 e. The van der Waals surface area contributed by atoms with E-state index in [4.69, 9.17) is 11.6 Å². The minimum absolute atomic E-state index is 0.176. The molecule has 4 heteroatoms. The van der Waals surface area contributed by atoms with Crippen molar-refractivity contribution < 1.29 is 0 Å². The molecule has 0 aliphatic heterocycles. The number of pyridine rings is 1. The van der Waals surface area contributed by atoms with Gasteiger partial charge in [-0.2, -0.15) is 0 Å². The minimum atomic E-state index is -0.176. The van der Waals surface area contributed by atoms with Crippen LogP contribution in [0.25, 0.3) is 16.9 Å². The summed E-state index contributed by atoms with van der Waals surface area (Å²) >= 11 is 6.33. The van der Waals surface area contributed by atoms with Crippen LogP contribution in [0, 0.1) is 6.92 Å². The number of rotatable bonds is 3. The Morgan fingerprint density at radius 2 is 2.10 bits per heavy atom. The van der Waals surface area contributed by atoms with E-state index < -0.39 is 0 Å². The maximum Gasteiger partial charge on any atom is 0.164 e. The quantitative estimate of drug-likeness (QED) is 0.662. The lowest BCUT2D eigenvalue weighted by Crippen LogP contribution is -2.03. The van der Waals surface area contributed by atoms with Crippen LogP contribution in [0.2, 0.25) is 0 Å². The molecule has 3 aromatic rings. The zero-order valence-electron chi connectivity index (χ0n) is 12.5. The van der Waals surface area contributed by atoms with Gasteiger partial charge in [0.2, 0.25) is 0 Å². The monoisotopic (exact) mass is 299 g/mol. The average molecular weight is 300 g/mol. The molecule has 2 heterocycles. The highest BCUT2D eigenvalue weighted by Crippen LogP contribution is 2.27. The van der Waals surface area contributed by atoms with Crippen molar-refractivity contribution in [3.63, 3.8) is 0 Å². The summed E-state index contributed by atoms with van der Waals surface area (Å²) in [7, 11) is 0. The van der Waals surface area contributed by atoms with Crippen molar-refractivity contribution in [1.29, 1.82) is 0 Å². The fourth-order valence-electron chi connectivity index (χ4n) is 2.52. The van der Waals surface area contributed by atoms with Gasteiger partial charge in [-0.1, -0.05) is 19.1 Å².